The molecule has 2 aromatic carbocycles. The molecular formula is C15H12O4. The summed E-state index contributed by atoms with van der Waals surface area (Å²) in [5, 5.41) is 8.98. The number of hydrogen-bond acceptors (Lipinski definition) is 3. The smallest absolute Gasteiger partial charge is 0.339 e. The molecule has 0 aliphatic heterocycles. The second-order valence-corrected chi connectivity index (χ2v) is 3.88. The Kier molecular flexibility index (Phi) is 3.93. The Hall–Kier alpha value is -2.62. The van der Waals surface area contributed by atoms with Crippen molar-refractivity contribution < 1.29 is 19.4 Å². The van der Waals surface area contributed by atoms with Gasteiger partial charge in [-0.1, -0.05) is 42.5 Å². The second-order valence-electron chi connectivity index (χ2n) is 3.88. The van der Waals surface area contributed by atoms with Crippen LogP contribution < -0.4 is 4.74 Å². The van der Waals surface area contributed by atoms with E-state index >= 15 is 0 Å². The number of carboxylic acid groups (broad SMARTS) is 1. The molecule has 0 fully saturated rings. The molecule has 0 radical (unpaired) electrons. The van der Waals surface area contributed by atoms with Crippen LogP contribution in [0.25, 0.3) is 0 Å². The van der Waals surface area contributed by atoms with E-state index < -0.39 is 5.97 Å². The molecule has 96 valence electrons. The van der Waals surface area contributed by atoms with Crippen LogP contribution in [0.4, 0.5) is 0 Å². The average Bonchev–Trinajstić information content (AvgIpc) is 2.46. The maximum absolute atomic E-state index is 11.8. The van der Waals surface area contributed by atoms with Crippen molar-refractivity contribution in [3.05, 3.63) is 65.7 Å². The van der Waals surface area contributed by atoms with E-state index in [0.717, 1.165) is 0 Å². The summed E-state index contributed by atoms with van der Waals surface area (Å²) in [4.78, 5) is 22.8. The Labute approximate surface area is 110 Å². The SMILES string of the molecule is O=C(COc1ccccc1C(=O)O)c1ccccc1. The van der Waals surface area contributed by atoms with Crippen LogP contribution in [0.15, 0.2) is 54.6 Å². The van der Waals surface area contributed by atoms with Gasteiger partial charge in [-0.05, 0) is 12.1 Å². The van der Waals surface area contributed by atoms with Crippen LogP contribution in [-0.4, -0.2) is 23.5 Å². The van der Waals surface area contributed by atoms with Crippen LogP contribution >= 0.6 is 0 Å². The molecule has 4 nitrogen and oxygen atoms in total. The average molecular weight is 256 g/mol. The summed E-state index contributed by atoms with van der Waals surface area (Å²) < 4.78 is 5.28. The first-order chi connectivity index (χ1) is 9.18. The minimum atomic E-state index is -1.08. The summed E-state index contributed by atoms with van der Waals surface area (Å²) in [6.07, 6.45) is 0. The second kappa shape index (κ2) is 5.82. The van der Waals surface area contributed by atoms with Crippen molar-refractivity contribution in [3.63, 3.8) is 0 Å². The zero-order chi connectivity index (χ0) is 13.7. The molecule has 0 saturated carbocycles. The number of carbonyl (C=O) groups excluding carboxylic acids is 1. The van der Waals surface area contributed by atoms with Gasteiger partial charge in [0.2, 0.25) is 0 Å². The highest BCUT2D eigenvalue weighted by Gasteiger charge is 2.12. The Morgan fingerprint density at radius 2 is 1.58 bits per heavy atom. The van der Waals surface area contributed by atoms with E-state index in [-0.39, 0.29) is 23.7 Å². The van der Waals surface area contributed by atoms with E-state index in [9.17, 15) is 9.59 Å². The Morgan fingerprint density at radius 3 is 2.26 bits per heavy atom. The zero-order valence-corrected chi connectivity index (χ0v) is 10.1. The summed E-state index contributed by atoms with van der Waals surface area (Å²) in [5.74, 6) is -1.08. The topological polar surface area (TPSA) is 63.6 Å². The highest BCUT2D eigenvalue weighted by molar-refractivity contribution is 5.97. The lowest BCUT2D eigenvalue weighted by molar-refractivity contribution is 0.0689. The highest BCUT2D eigenvalue weighted by atomic mass is 16.5. The van der Waals surface area contributed by atoms with E-state index in [1.807, 2.05) is 6.07 Å². The largest absolute Gasteiger partial charge is 0.485 e. The molecule has 2 aromatic rings. The van der Waals surface area contributed by atoms with Gasteiger partial charge in [0.25, 0.3) is 0 Å². The maximum atomic E-state index is 11.8. The van der Waals surface area contributed by atoms with Crippen LogP contribution in [0.3, 0.4) is 0 Å². The molecule has 0 saturated heterocycles. The van der Waals surface area contributed by atoms with Gasteiger partial charge in [0, 0.05) is 5.56 Å². The summed E-state index contributed by atoms with van der Waals surface area (Å²) in [6.45, 7) is -0.186. The number of Topliss-reactive ketones (excluding diaryl/α,β-unsaturated/α-hetero) is 1. The molecule has 2 rings (SSSR count). The summed E-state index contributed by atoms with van der Waals surface area (Å²) in [5.41, 5.74) is 0.582. The molecule has 1 N–H and O–H groups in total. The van der Waals surface area contributed by atoms with E-state index in [1.165, 1.54) is 12.1 Å². The van der Waals surface area contributed by atoms with Crippen LogP contribution in [0.5, 0.6) is 5.75 Å². The molecule has 0 amide bonds. The van der Waals surface area contributed by atoms with Crippen molar-refractivity contribution in [1.29, 1.82) is 0 Å². The first-order valence-corrected chi connectivity index (χ1v) is 5.72. The fourth-order valence-electron chi connectivity index (χ4n) is 1.62. The zero-order valence-electron chi connectivity index (χ0n) is 10.1. The number of ketones is 1. The Bertz CT molecular complexity index is 590. The summed E-state index contributed by atoms with van der Waals surface area (Å²) >= 11 is 0. The van der Waals surface area contributed by atoms with Gasteiger partial charge >= 0.3 is 5.97 Å². The van der Waals surface area contributed by atoms with Gasteiger partial charge < -0.3 is 9.84 Å². The van der Waals surface area contributed by atoms with Crippen molar-refractivity contribution in [2.75, 3.05) is 6.61 Å². The highest BCUT2D eigenvalue weighted by Crippen LogP contribution is 2.18. The fourth-order valence-corrected chi connectivity index (χ4v) is 1.62. The van der Waals surface area contributed by atoms with E-state index in [0.29, 0.717) is 5.56 Å². The monoisotopic (exact) mass is 256 g/mol. The van der Waals surface area contributed by atoms with Crippen LogP contribution in [-0.2, 0) is 0 Å². The number of carboxylic acids is 1. The lowest BCUT2D eigenvalue weighted by atomic mass is 10.1. The standard InChI is InChI=1S/C15H12O4/c16-13(11-6-2-1-3-7-11)10-19-14-9-5-4-8-12(14)15(17)18/h1-9H,10H2,(H,17,18). The maximum Gasteiger partial charge on any atom is 0.339 e. The van der Waals surface area contributed by atoms with Crippen molar-refractivity contribution in [2.45, 2.75) is 0 Å². The van der Waals surface area contributed by atoms with Crippen LogP contribution in [0.1, 0.15) is 20.7 Å². The minimum Gasteiger partial charge on any atom is -0.485 e. The predicted molar refractivity (Wildman–Crippen MR) is 69.7 cm³/mol. The number of carbonyl (C=O) groups is 2. The third kappa shape index (κ3) is 3.19. The number of rotatable bonds is 5. The molecule has 0 aliphatic rings. The third-order valence-electron chi connectivity index (χ3n) is 2.57. The summed E-state index contributed by atoms with van der Waals surface area (Å²) in [7, 11) is 0. The number of benzene rings is 2. The molecule has 0 heterocycles. The molecule has 0 aliphatic carbocycles. The quantitative estimate of drug-likeness (QED) is 0.835. The first-order valence-electron chi connectivity index (χ1n) is 5.72. The Balaban J connectivity index is 2.07. The molecule has 4 heteroatoms. The van der Waals surface area contributed by atoms with Crippen molar-refractivity contribution >= 4 is 11.8 Å². The lowest BCUT2D eigenvalue weighted by Crippen LogP contribution is -2.13. The minimum absolute atomic E-state index is 0.0448. The molecule has 0 bridgehead atoms. The lowest BCUT2D eigenvalue weighted by Gasteiger charge is -2.08. The van der Waals surface area contributed by atoms with Crippen LogP contribution in [0.2, 0.25) is 0 Å². The molecule has 0 spiro atoms. The van der Waals surface area contributed by atoms with Crippen molar-refractivity contribution in [3.8, 4) is 5.75 Å². The number of ether oxygens (including phenoxy) is 1. The van der Waals surface area contributed by atoms with Gasteiger partial charge in [-0.15, -0.1) is 0 Å². The Morgan fingerprint density at radius 1 is 0.947 bits per heavy atom. The van der Waals surface area contributed by atoms with E-state index in [1.54, 1.807) is 36.4 Å². The van der Waals surface area contributed by atoms with Gasteiger partial charge in [0.1, 0.15) is 11.3 Å². The van der Waals surface area contributed by atoms with Gasteiger partial charge in [-0.25, -0.2) is 4.79 Å². The molecule has 19 heavy (non-hydrogen) atoms. The first kappa shape index (κ1) is 12.8. The van der Waals surface area contributed by atoms with Crippen molar-refractivity contribution in [2.24, 2.45) is 0 Å². The summed E-state index contributed by atoms with van der Waals surface area (Å²) in [6, 6.07) is 15.0. The number of hydrogen-bond donors (Lipinski definition) is 1. The molecule has 0 atom stereocenters. The number of aromatic carboxylic acids is 1. The van der Waals surface area contributed by atoms with E-state index in [4.69, 9.17) is 9.84 Å². The fraction of sp³-hybridized carbons (Fsp3) is 0.0667. The normalized spacial score (nSPS) is 9.89. The number of para-hydroxylation sites is 1. The van der Waals surface area contributed by atoms with Gasteiger partial charge in [0.05, 0.1) is 0 Å². The third-order valence-corrected chi connectivity index (χ3v) is 2.57. The molecule has 0 aromatic heterocycles. The van der Waals surface area contributed by atoms with E-state index in [2.05, 4.69) is 0 Å². The van der Waals surface area contributed by atoms with Gasteiger partial charge in [-0.2, -0.15) is 0 Å². The molecular weight excluding hydrogens is 244 g/mol. The van der Waals surface area contributed by atoms with Gasteiger partial charge in [0.15, 0.2) is 12.4 Å². The predicted octanol–water partition coefficient (Wildman–Crippen LogP) is 2.65. The van der Waals surface area contributed by atoms with Crippen molar-refractivity contribution in [1.82, 2.24) is 0 Å². The van der Waals surface area contributed by atoms with Crippen LogP contribution in [0, 0.1) is 0 Å². The molecule has 0 unspecified atom stereocenters. The van der Waals surface area contributed by atoms with Gasteiger partial charge in [-0.3, -0.25) is 4.79 Å².